The van der Waals surface area contributed by atoms with Gasteiger partial charge in [-0.25, -0.2) is 0 Å². The summed E-state index contributed by atoms with van der Waals surface area (Å²) in [6, 6.07) is 0. The summed E-state index contributed by atoms with van der Waals surface area (Å²) < 4.78 is 23.7. The molecule has 0 saturated heterocycles. The van der Waals surface area contributed by atoms with Gasteiger partial charge in [0.2, 0.25) is 11.5 Å². The molecule has 1 rings (SSSR count). The van der Waals surface area contributed by atoms with Crippen LogP contribution in [0.25, 0.3) is 0 Å². The molecule has 0 atom stereocenters. The van der Waals surface area contributed by atoms with E-state index in [4.69, 9.17) is 18.9 Å². The van der Waals surface area contributed by atoms with Crippen molar-refractivity contribution in [3.05, 3.63) is 11.1 Å². The van der Waals surface area contributed by atoms with E-state index in [0.29, 0.717) is 11.5 Å². The second kappa shape index (κ2) is 15.1. The lowest BCUT2D eigenvalue weighted by Crippen LogP contribution is -2.05. The molecule has 0 aromatic heterocycles. The number of benzene rings is 1. The maximum Gasteiger partial charge on any atom is 0.207 e. The highest BCUT2D eigenvalue weighted by atomic mass is 127. The first kappa shape index (κ1) is 25.2. The maximum absolute atomic E-state index is 5.68. The molecular formula is C23H39IO4. The van der Waals surface area contributed by atoms with Gasteiger partial charge in [0.15, 0.2) is 11.5 Å². The first-order valence-electron chi connectivity index (χ1n) is 10.6. The fraction of sp³-hybridized carbons (Fsp3) is 0.739. The molecular weight excluding hydrogens is 467 g/mol. The molecule has 5 heteroatoms. The van der Waals surface area contributed by atoms with E-state index >= 15 is 0 Å². The average molecular weight is 506 g/mol. The second-order valence-electron chi connectivity index (χ2n) is 7.21. The van der Waals surface area contributed by atoms with Crippen molar-refractivity contribution in [1.82, 2.24) is 0 Å². The topological polar surface area (TPSA) is 36.9 Å². The van der Waals surface area contributed by atoms with Crippen LogP contribution in [0.4, 0.5) is 0 Å². The lowest BCUT2D eigenvalue weighted by molar-refractivity contribution is 0.302. The van der Waals surface area contributed by atoms with Crippen molar-refractivity contribution in [2.75, 3.05) is 32.9 Å². The molecule has 0 aliphatic heterocycles. The molecule has 0 radical (unpaired) electrons. The molecule has 162 valence electrons. The minimum atomic E-state index is 0.599. The van der Waals surface area contributed by atoms with Gasteiger partial charge in [0.1, 0.15) is 0 Å². The van der Waals surface area contributed by atoms with Crippen molar-refractivity contribution >= 4 is 22.6 Å². The first-order chi connectivity index (χ1) is 13.7. The number of methoxy groups -OCH3 is 4. The van der Waals surface area contributed by atoms with Gasteiger partial charge in [-0.05, 0) is 30.6 Å². The Balaban J connectivity index is 2.51. The summed E-state index contributed by atoms with van der Waals surface area (Å²) in [4.78, 5) is 0. The lowest BCUT2D eigenvalue weighted by atomic mass is 9.98. The van der Waals surface area contributed by atoms with Gasteiger partial charge in [-0.3, -0.25) is 0 Å². The van der Waals surface area contributed by atoms with E-state index in [1.165, 1.54) is 62.2 Å². The molecule has 0 fully saturated rings. The zero-order valence-corrected chi connectivity index (χ0v) is 20.7. The molecule has 28 heavy (non-hydrogen) atoms. The predicted molar refractivity (Wildman–Crippen MR) is 126 cm³/mol. The van der Waals surface area contributed by atoms with Gasteiger partial charge in [-0.2, -0.15) is 0 Å². The Bertz CT molecular complexity index is 560. The van der Waals surface area contributed by atoms with Gasteiger partial charge in [-0.1, -0.05) is 74.0 Å². The highest BCUT2D eigenvalue weighted by Gasteiger charge is 2.24. The predicted octanol–water partition coefficient (Wildman–Crippen LogP) is 6.91. The maximum atomic E-state index is 5.68. The van der Waals surface area contributed by atoms with Gasteiger partial charge in [0.25, 0.3) is 0 Å². The number of hydrogen-bond donors (Lipinski definition) is 0. The summed E-state index contributed by atoms with van der Waals surface area (Å²) in [7, 11) is 6.62. The number of alkyl halides is 1. The quantitative estimate of drug-likeness (QED) is 0.139. The summed E-state index contributed by atoms with van der Waals surface area (Å²) in [5.41, 5.74) is 2.23. The Morgan fingerprint density at radius 1 is 0.536 bits per heavy atom. The Morgan fingerprint density at radius 2 is 0.929 bits per heavy atom. The van der Waals surface area contributed by atoms with E-state index in [1.807, 2.05) is 0 Å². The molecule has 0 N–H and O–H groups in total. The monoisotopic (exact) mass is 506 g/mol. The molecule has 1 aromatic carbocycles. The summed E-state index contributed by atoms with van der Waals surface area (Å²) >= 11 is 2.47. The summed E-state index contributed by atoms with van der Waals surface area (Å²) in [6.07, 6.45) is 14.3. The van der Waals surface area contributed by atoms with Gasteiger partial charge >= 0.3 is 0 Å². The molecule has 0 aliphatic carbocycles. The Hall–Kier alpha value is -0.850. The highest BCUT2D eigenvalue weighted by molar-refractivity contribution is 14.1. The van der Waals surface area contributed by atoms with Gasteiger partial charge in [-0.15, -0.1) is 0 Å². The largest absolute Gasteiger partial charge is 0.492 e. The van der Waals surface area contributed by atoms with Gasteiger partial charge in [0.05, 0.1) is 28.4 Å². The Kier molecular flexibility index (Phi) is 13.5. The minimum Gasteiger partial charge on any atom is -0.492 e. The zero-order valence-electron chi connectivity index (χ0n) is 18.5. The van der Waals surface area contributed by atoms with Crippen LogP contribution in [0.1, 0.15) is 75.3 Å². The molecule has 4 nitrogen and oxygen atoms in total. The third-order valence-electron chi connectivity index (χ3n) is 5.31. The van der Waals surface area contributed by atoms with Crippen LogP contribution in [0.5, 0.6) is 23.0 Å². The Morgan fingerprint density at radius 3 is 1.36 bits per heavy atom. The van der Waals surface area contributed by atoms with Crippen molar-refractivity contribution in [1.29, 1.82) is 0 Å². The summed E-state index contributed by atoms with van der Waals surface area (Å²) in [6.45, 7) is 2.07. The van der Waals surface area contributed by atoms with E-state index in [2.05, 4.69) is 29.5 Å². The van der Waals surface area contributed by atoms with E-state index in [-0.39, 0.29) is 0 Å². The zero-order chi connectivity index (χ0) is 20.8. The van der Waals surface area contributed by atoms with Crippen LogP contribution < -0.4 is 18.9 Å². The van der Waals surface area contributed by atoms with Crippen molar-refractivity contribution in [3.63, 3.8) is 0 Å². The standard InChI is InChI=1S/C23H39IO4/c1-18-19(16-14-12-10-8-6-7-9-11-13-15-17-24)21(26-3)23(28-5)22(27-4)20(18)25-2/h6-17H2,1-5H3. The summed E-state index contributed by atoms with van der Waals surface area (Å²) in [5.74, 6) is 2.72. The third kappa shape index (κ3) is 7.53. The SMILES string of the molecule is COc1c(C)c(CCCCCCCCCCCCI)c(OC)c(OC)c1OC. The van der Waals surface area contributed by atoms with Crippen LogP contribution in [0.3, 0.4) is 0 Å². The van der Waals surface area contributed by atoms with Crippen LogP contribution in [0.15, 0.2) is 0 Å². The number of ether oxygens (including phenoxy) is 4. The smallest absolute Gasteiger partial charge is 0.207 e. The number of rotatable bonds is 16. The van der Waals surface area contributed by atoms with Crippen molar-refractivity contribution in [3.8, 4) is 23.0 Å². The normalized spacial score (nSPS) is 10.8. The van der Waals surface area contributed by atoms with E-state index in [1.54, 1.807) is 28.4 Å². The van der Waals surface area contributed by atoms with Crippen LogP contribution in [-0.2, 0) is 6.42 Å². The number of halogens is 1. The third-order valence-corrected chi connectivity index (χ3v) is 6.08. The van der Waals surface area contributed by atoms with E-state index < -0.39 is 0 Å². The van der Waals surface area contributed by atoms with Gasteiger partial charge < -0.3 is 18.9 Å². The first-order valence-corrected chi connectivity index (χ1v) is 12.1. The average Bonchev–Trinajstić information content (AvgIpc) is 2.71. The van der Waals surface area contributed by atoms with E-state index in [0.717, 1.165) is 35.5 Å². The highest BCUT2D eigenvalue weighted by Crippen LogP contribution is 2.49. The van der Waals surface area contributed by atoms with E-state index in [9.17, 15) is 0 Å². The van der Waals surface area contributed by atoms with Crippen molar-refractivity contribution < 1.29 is 18.9 Å². The summed E-state index contributed by atoms with van der Waals surface area (Å²) in [5, 5.41) is 0. The van der Waals surface area contributed by atoms with Crippen LogP contribution in [0.2, 0.25) is 0 Å². The molecule has 0 unspecified atom stereocenters. The molecule has 1 aromatic rings. The lowest BCUT2D eigenvalue weighted by Gasteiger charge is -2.21. The van der Waals surface area contributed by atoms with Crippen molar-refractivity contribution in [2.45, 2.75) is 77.6 Å². The van der Waals surface area contributed by atoms with Crippen LogP contribution in [-0.4, -0.2) is 32.9 Å². The van der Waals surface area contributed by atoms with Gasteiger partial charge in [0, 0.05) is 11.1 Å². The molecule has 0 spiro atoms. The number of hydrogen-bond acceptors (Lipinski definition) is 4. The number of unbranched alkanes of at least 4 members (excludes halogenated alkanes) is 9. The van der Waals surface area contributed by atoms with Crippen molar-refractivity contribution in [2.24, 2.45) is 0 Å². The molecule has 0 saturated carbocycles. The fourth-order valence-electron chi connectivity index (χ4n) is 3.76. The second-order valence-corrected chi connectivity index (χ2v) is 8.29. The molecule has 0 heterocycles. The molecule has 0 aliphatic rings. The Labute approximate surface area is 185 Å². The molecule has 0 amide bonds. The van der Waals surface area contributed by atoms with Crippen LogP contribution >= 0.6 is 22.6 Å². The minimum absolute atomic E-state index is 0.599. The van der Waals surface area contributed by atoms with Crippen LogP contribution in [0, 0.1) is 6.92 Å². The fourth-order valence-corrected chi connectivity index (χ4v) is 4.30. The molecule has 0 bridgehead atoms.